The summed E-state index contributed by atoms with van der Waals surface area (Å²) in [4.78, 5) is 4.33. The first-order valence-corrected chi connectivity index (χ1v) is 9.24. The van der Waals surface area contributed by atoms with E-state index in [1.807, 2.05) is 6.07 Å². The Morgan fingerprint density at radius 3 is 2.64 bits per heavy atom. The summed E-state index contributed by atoms with van der Waals surface area (Å²) in [6, 6.07) is 11.3. The number of nitrogens with zero attached hydrogens (tertiary/aromatic N) is 3. The first-order valence-electron chi connectivity index (χ1n) is 7.60. The summed E-state index contributed by atoms with van der Waals surface area (Å²) < 4.78 is 38.3. The topological polar surface area (TPSA) is 61.1 Å². The molecule has 1 N–H and O–H groups in total. The van der Waals surface area contributed by atoms with E-state index in [9.17, 15) is 18.4 Å². The third-order valence-corrected chi connectivity index (χ3v) is 4.90. The minimum absolute atomic E-state index is 0.0706. The maximum Gasteiger partial charge on any atom is 0.416 e. The van der Waals surface area contributed by atoms with Crippen molar-refractivity contribution in [3.63, 3.8) is 0 Å². The van der Waals surface area contributed by atoms with Gasteiger partial charge in [0.15, 0.2) is 10.7 Å². The van der Waals surface area contributed by atoms with Crippen LogP contribution in [0.4, 0.5) is 18.9 Å². The first kappa shape index (κ1) is 20.1. The van der Waals surface area contributed by atoms with Crippen LogP contribution in [0.15, 0.2) is 52.9 Å². The largest absolute Gasteiger partial charge is 0.416 e. The van der Waals surface area contributed by atoms with Crippen LogP contribution in [-0.4, -0.2) is 10.7 Å². The molecular formula is C18H9Cl2F3N4S. The predicted molar refractivity (Wildman–Crippen MR) is 105 cm³/mol. The number of thiazole rings is 1. The van der Waals surface area contributed by atoms with Gasteiger partial charge in [0, 0.05) is 16.0 Å². The number of halogens is 5. The van der Waals surface area contributed by atoms with E-state index in [4.69, 9.17) is 23.2 Å². The highest BCUT2D eigenvalue weighted by atomic mass is 35.5. The van der Waals surface area contributed by atoms with E-state index >= 15 is 0 Å². The molecule has 28 heavy (non-hydrogen) atoms. The number of alkyl halides is 3. The van der Waals surface area contributed by atoms with Crippen molar-refractivity contribution in [3.8, 4) is 17.3 Å². The number of aromatic nitrogens is 1. The highest BCUT2D eigenvalue weighted by molar-refractivity contribution is 7.12. The van der Waals surface area contributed by atoms with Crippen molar-refractivity contribution in [1.29, 1.82) is 5.26 Å². The van der Waals surface area contributed by atoms with Crippen molar-refractivity contribution in [1.82, 2.24) is 4.98 Å². The van der Waals surface area contributed by atoms with Crippen molar-refractivity contribution in [2.24, 2.45) is 5.10 Å². The summed E-state index contributed by atoms with van der Waals surface area (Å²) in [7, 11) is 0. The molecule has 0 radical (unpaired) electrons. The van der Waals surface area contributed by atoms with Crippen LogP contribution in [0.3, 0.4) is 0 Å². The Morgan fingerprint density at radius 2 is 1.96 bits per heavy atom. The van der Waals surface area contributed by atoms with Crippen molar-refractivity contribution in [2.45, 2.75) is 6.18 Å². The summed E-state index contributed by atoms with van der Waals surface area (Å²) in [5.74, 6) is 0. The Hall–Kier alpha value is -2.60. The summed E-state index contributed by atoms with van der Waals surface area (Å²) in [5, 5.41) is 16.1. The number of nitrogens with one attached hydrogen (secondary N) is 1. The highest BCUT2D eigenvalue weighted by Gasteiger charge is 2.30. The Morgan fingerprint density at radius 1 is 1.18 bits per heavy atom. The molecule has 142 valence electrons. The predicted octanol–water partition coefficient (Wildman–Crippen LogP) is 6.48. The van der Waals surface area contributed by atoms with Gasteiger partial charge in [-0.05, 0) is 36.4 Å². The van der Waals surface area contributed by atoms with Crippen LogP contribution >= 0.6 is 34.5 Å². The number of benzene rings is 2. The molecule has 0 spiro atoms. The second-order valence-electron chi connectivity index (χ2n) is 5.42. The van der Waals surface area contributed by atoms with E-state index in [-0.39, 0.29) is 11.4 Å². The zero-order chi connectivity index (χ0) is 20.3. The van der Waals surface area contributed by atoms with E-state index in [1.165, 1.54) is 12.1 Å². The van der Waals surface area contributed by atoms with E-state index in [0.29, 0.717) is 26.3 Å². The second kappa shape index (κ2) is 8.19. The molecule has 0 unspecified atom stereocenters. The SMILES string of the molecule is N#C/C(=N\Nc1cccc(C(F)(F)F)c1)c1nc(-c2ccc(Cl)cc2Cl)cs1. The third-order valence-electron chi connectivity index (χ3n) is 3.51. The molecular weight excluding hydrogens is 432 g/mol. The number of hydrogen-bond donors (Lipinski definition) is 1. The highest BCUT2D eigenvalue weighted by Crippen LogP contribution is 2.32. The third kappa shape index (κ3) is 4.62. The second-order valence-corrected chi connectivity index (χ2v) is 7.13. The standard InChI is InChI=1S/C18H9Cl2F3N4S/c19-11-4-5-13(14(20)7-11)16-9-28-17(25-16)15(8-24)27-26-12-3-1-2-10(6-12)18(21,22)23/h1-7,9,26H/b27-15+. The zero-order valence-electron chi connectivity index (χ0n) is 13.8. The molecule has 0 aliphatic heterocycles. The molecule has 1 heterocycles. The van der Waals surface area contributed by atoms with E-state index in [1.54, 1.807) is 23.6 Å². The molecule has 3 aromatic rings. The number of anilines is 1. The molecule has 1 aromatic heterocycles. The van der Waals surface area contributed by atoms with Crippen LogP contribution < -0.4 is 5.43 Å². The minimum Gasteiger partial charge on any atom is -0.277 e. The molecule has 0 aliphatic carbocycles. The van der Waals surface area contributed by atoms with Gasteiger partial charge in [-0.25, -0.2) is 4.98 Å². The number of rotatable bonds is 4. The lowest BCUT2D eigenvalue weighted by molar-refractivity contribution is -0.137. The summed E-state index contributed by atoms with van der Waals surface area (Å²) in [5.41, 5.74) is 2.84. The van der Waals surface area contributed by atoms with E-state index in [0.717, 1.165) is 23.5 Å². The average Bonchev–Trinajstić information content (AvgIpc) is 3.11. The number of hydrogen-bond acceptors (Lipinski definition) is 5. The van der Waals surface area contributed by atoms with Gasteiger partial charge in [-0.2, -0.15) is 23.5 Å². The Kier molecular flexibility index (Phi) is 5.89. The summed E-state index contributed by atoms with van der Waals surface area (Å²) >= 11 is 13.2. The van der Waals surface area contributed by atoms with Crippen molar-refractivity contribution >= 4 is 45.9 Å². The maximum absolute atomic E-state index is 12.8. The smallest absolute Gasteiger partial charge is 0.277 e. The van der Waals surface area contributed by atoms with Gasteiger partial charge in [0.05, 0.1) is 22.0 Å². The van der Waals surface area contributed by atoms with Crippen molar-refractivity contribution < 1.29 is 13.2 Å². The molecule has 0 saturated carbocycles. The van der Waals surface area contributed by atoms with Gasteiger partial charge in [0.1, 0.15) is 6.07 Å². The summed E-state index contributed by atoms with van der Waals surface area (Å²) in [6.07, 6.45) is -4.47. The molecule has 3 rings (SSSR count). The van der Waals surface area contributed by atoms with E-state index < -0.39 is 11.7 Å². The molecule has 4 nitrogen and oxygen atoms in total. The molecule has 0 saturated heterocycles. The quantitative estimate of drug-likeness (QED) is 0.373. The molecule has 2 aromatic carbocycles. The van der Waals surface area contributed by atoms with E-state index in [2.05, 4.69) is 15.5 Å². The van der Waals surface area contributed by atoms with Crippen LogP contribution in [0.2, 0.25) is 10.0 Å². The Balaban J connectivity index is 1.85. The molecule has 0 aliphatic rings. The van der Waals surface area contributed by atoms with Crippen LogP contribution in [0, 0.1) is 11.3 Å². The lowest BCUT2D eigenvalue weighted by atomic mass is 10.2. The van der Waals surface area contributed by atoms with Gasteiger partial charge >= 0.3 is 6.18 Å². The summed E-state index contributed by atoms with van der Waals surface area (Å²) in [6.45, 7) is 0. The fourth-order valence-corrected chi connectivity index (χ4v) is 3.47. The van der Waals surface area contributed by atoms with Gasteiger partial charge in [0.2, 0.25) is 0 Å². The maximum atomic E-state index is 12.8. The number of nitriles is 1. The van der Waals surface area contributed by atoms with Crippen LogP contribution in [0.1, 0.15) is 10.6 Å². The van der Waals surface area contributed by atoms with Gasteiger partial charge in [-0.1, -0.05) is 29.3 Å². The van der Waals surface area contributed by atoms with Gasteiger partial charge in [-0.3, -0.25) is 5.43 Å². The Labute approximate surface area is 171 Å². The van der Waals surface area contributed by atoms with Crippen molar-refractivity contribution in [2.75, 3.05) is 5.43 Å². The molecule has 0 bridgehead atoms. The van der Waals surface area contributed by atoms with Crippen LogP contribution in [0.25, 0.3) is 11.3 Å². The molecule has 0 fully saturated rings. The van der Waals surface area contributed by atoms with Crippen LogP contribution in [-0.2, 0) is 6.18 Å². The Bertz CT molecular complexity index is 1090. The molecule has 10 heteroatoms. The lowest BCUT2D eigenvalue weighted by Gasteiger charge is -2.08. The number of hydrazone groups is 1. The fraction of sp³-hybridized carbons (Fsp3) is 0.0556. The zero-order valence-corrected chi connectivity index (χ0v) is 16.1. The normalized spacial score (nSPS) is 11.9. The minimum atomic E-state index is -4.47. The average molecular weight is 441 g/mol. The first-order chi connectivity index (χ1) is 13.3. The van der Waals surface area contributed by atoms with Gasteiger partial charge < -0.3 is 0 Å². The molecule has 0 amide bonds. The van der Waals surface area contributed by atoms with Crippen LogP contribution in [0.5, 0.6) is 0 Å². The molecule has 0 atom stereocenters. The monoisotopic (exact) mass is 440 g/mol. The lowest BCUT2D eigenvalue weighted by Crippen LogP contribution is -2.06. The fourth-order valence-electron chi connectivity index (χ4n) is 2.21. The van der Waals surface area contributed by atoms with Gasteiger partial charge in [0.25, 0.3) is 0 Å². The van der Waals surface area contributed by atoms with Gasteiger partial charge in [-0.15, -0.1) is 11.3 Å². The van der Waals surface area contributed by atoms with Crippen molar-refractivity contribution in [3.05, 3.63) is 68.5 Å².